The molecule has 0 aliphatic carbocycles. The van der Waals surface area contributed by atoms with Crippen LogP contribution in [0.25, 0.3) is 0 Å². The fourth-order valence-electron chi connectivity index (χ4n) is 2.39. The molecule has 1 aliphatic rings. The topological polar surface area (TPSA) is 15.3 Å². The highest BCUT2D eigenvalue weighted by Gasteiger charge is 2.08. The molecule has 2 heteroatoms. The molecule has 17 heavy (non-hydrogen) atoms. The molecule has 1 heterocycles. The van der Waals surface area contributed by atoms with Gasteiger partial charge in [-0.15, -0.1) is 0 Å². The van der Waals surface area contributed by atoms with Crippen molar-refractivity contribution in [3.63, 3.8) is 0 Å². The van der Waals surface area contributed by atoms with E-state index in [-0.39, 0.29) is 0 Å². The number of nitrogens with zero attached hydrogens (tertiary/aromatic N) is 1. The Morgan fingerprint density at radius 2 is 2.00 bits per heavy atom. The van der Waals surface area contributed by atoms with E-state index in [1.54, 1.807) is 5.57 Å². The molecular weight excluding hydrogens is 208 g/mol. The Bertz CT molecular complexity index is 221. The first-order chi connectivity index (χ1) is 8.18. The Kier molecular flexibility index (Phi) is 7.54. The van der Waals surface area contributed by atoms with Crippen molar-refractivity contribution in [3.05, 3.63) is 11.6 Å². The van der Waals surface area contributed by atoms with Crippen molar-refractivity contribution >= 4 is 0 Å². The molecule has 0 spiro atoms. The molecule has 0 saturated heterocycles. The molecule has 1 rings (SSSR count). The third-order valence-corrected chi connectivity index (χ3v) is 3.36. The Labute approximate surface area is 107 Å². The highest BCUT2D eigenvalue weighted by molar-refractivity contribution is 5.04. The van der Waals surface area contributed by atoms with Gasteiger partial charge < -0.3 is 5.32 Å². The second-order valence-electron chi connectivity index (χ2n) is 5.64. The van der Waals surface area contributed by atoms with E-state index in [9.17, 15) is 0 Å². The maximum absolute atomic E-state index is 3.47. The van der Waals surface area contributed by atoms with Crippen LogP contribution in [0.1, 0.15) is 52.9 Å². The molecule has 0 saturated carbocycles. The normalized spacial score (nSPS) is 17.5. The number of hydrogen-bond acceptors (Lipinski definition) is 2. The summed E-state index contributed by atoms with van der Waals surface area (Å²) in [6.45, 7) is 11.6. The number of rotatable bonds is 8. The van der Waals surface area contributed by atoms with Crippen molar-refractivity contribution in [2.24, 2.45) is 0 Å². The van der Waals surface area contributed by atoms with Gasteiger partial charge in [0.15, 0.2) is 0 Å². The summed E-state index contributed by atoms with van der Waals surface area (Å²) in [5.74, 6) is 0. The molecule has 1 N–H and O–H groups in total. The predicted octanol–water partition coefficient (Wildman–Crippen LogP) is 3.20. The minimum atomic E-state index is 0.637. The van der Waals surface area contributed by atoms with Gasteiger partial charge in [0.2, 0.25) is 0 Å². The first kappa shape index (κ1) is 14.7. The molecule has 1 aliphatic heterocycles. The van der Waals surface area contributed by atoms with Gasteiger partial charge in [0, 0.05) is 19.1 Å². The van der Waals surface area contributed by atoms with Crippen LogP contribution in [0.5, 0.6) is 0 Å². The zero-order valence-corrected chi connectivity index (χ0v) is 12.0. The Morgan fingerprint density at radius 1 is 1.24 bits per heavy atom. The van der Waals surface area contributed by atoms with Crippen LogP contribution < -0.4 is 5.32 Å². The molecular formula is C15H30N2. The maximum Gasteiger partial charge on any atom is 0.0190 e. The van der Waals surface area contributed by atoms with Crippen LogP contribution in [0.3, 0.4) is 0 Å². The van der Waals surface area contributed by atoms with Crippen LogP contribution in [0.2, 0.25) is 0 Å². The second kappa shape index (κ2) is 8.71. The number of hydrogen-bond donors (Lipinski definition) is 1. The van der Waals surface area contributed by atoms with E-state index in [0.29, 0.717) is 6.04 Å². The summed E-state index contributed by atoms with van der Waals surface area (Å²) in [5.41, 5.74) is 1.55. The van der Waals surface area contributed by atoms with Crippen molar-refractivity contribution in [1.29, 1.82) is 0 Å². The van der Waals surface area contributed by atoms with Gasteiger partial charge in [0.25, 0.3) is 0 Å². The van der Waals surface area contributed by atoms with Crippen molar-refractivity contribution in [1.82, 2.24) is 10.2 Å². The van der Waals surface area contributed by atoms with Crippen molar-refractivity contribution in [3.8, 4) is 0 Å². The van der Waals surface area contributed by atoms with Crippen molar-refractivity contribution < 1.29 is 0 Å². The zero-order chi connectivity index (χ0) is 12.5. The average molecular weight is 238 g/mol. The van der Waals surface area contributed by atoms with Gasteiger partial charge in [-0.2, -0.15) is 0 Å². The molecule has 100 valence electrons. The van der Waals surface area contributed by atoms with Crippen LogP contribution in [0, 0.1) is 0 Å². The van der Waals surface area contributed by atoms with E-state index in [1.165, 1.54) is 58.3 Å². The van der Waals surface area contributed by atoms with Crippen LogP contribution >= 0.6 is 0 Å². The van der Waals surface area contributed by atoms with Gasteiger partial charge in [-0.05, 0) is 39.3 Å². The lowest BCUT2D eigenvalue weighted by molar-refractivity contribution is 0.282. The van der Waals surface area contributed by atoms with Crippen LogP contribution in [0.15, 0.2) is 11.6 Å². The average Bonchev–Trinajstić information content (AvgIpc) is 2.27. The Hall–Kier alpha value is -0.340. The van der Waals surface area contributed by atoms with E-state index < -0.39 is 0 Å². The van der Waals surface area contributed by atoms with Crippen LogP contribution in [-0.4, -0.2) is 37.1 Å². The van der Waals surface area contributed by atoms with E-state index in [1.807, 2.05) is 0 Å². The minimum Gasteiger partial charge on any atom is -0.315 e. The van der Waals surface area contributed by atoms with Gasteiger partial charge in [-0.3, -0.25) is 4.90 Å². The monoisotopic (exact) mass is 238 g/mol. The highest BCUT2D eigenvalue weighted by atomic mass is 15.1. The maximum atomic E-state index is 3.47. The first-order valence-electron chi connectivity index (χ1n) is 7.30. The second-order valence-corrected chi connectivity index (χ2v) is 5.64. The van der Waals surface area contributed by atoms with Gasteiger partial charge >= 0.3 is 0 Å². The lowest BCUT2D eigenvalue weighted by atomic mass is 10.1. The van der Waals surface area contributed by atoms with Crippen LogP contribution in [-0.2, 0) is 0 Å². The largest absolute Gasteiger partial charge is 0.315 e. The molecule has 0 unspecified atom stereocenters. The first-order valence-corrected chi connectivity index (χ1v) is 7.30. The van der Waals surface area contributed by atoms with E-state index in [2.05, 4.69) is 37.1 Å². The van der Waals surface area contributed by atoms with Crippen molar-refractivity contribution in [2.45, 2.75) is 58.9 Å². The molecule has 0 aromatic carbocycles. The molecule has 0 amide bonds. The summed E-state index contributed by atoms with van der Waals surface area (Å²) in [4.78, 5) is 2.60. The van der Waals surface area contributed by atoms with E-state index in [4.69, 9.17) is 0 Å². The summed E-state index contributed by atoms with van der Waals surface area (Å²) in [7, 11) is 0. The third kappa shape index (κ3) is 7.56. The van der Waals surface area contributed by atoms with Crippen LogP contribution in [0.4, 0.5) is 0 Å². The van der Waals surface area contributed by atoms with Gasteiger partial charge in [0.05, 0.1) is 0 Å². The molecule has 0 atom stereocenters. The molecule has 0 radical (unpaired) electrons. The third-order valence-electron chi connectivity index (χ3n) is 3.36. The van der Waals surface area contributed by atoms with E-state index >= 15 is 0 Å². The Morgan fingerprint density at radius 3 is 2.71 bits per heavy atom. The summed E-state index contributed by atoms with van der Waals surface area (Å²) < 4.78 is 0. The molecule has 0 bridgehead atoms. The summed E-state index contributed by atoms with van der Waals surface area (Å²) >= 11 is 0. The lowest BCUT2D eigenvalue weighted by Crippen LogP contribution is -2.30. The summed E-state index contributed by atoms with van der Waals surface area (Å²) in [5, 5.41) is 3.47. The SMILES string of the molecule is CC1=CCCN(CCCCCCNC(C)C)C1. The minimum absolute atomic E-state index is 0.637. The van der Waals surface area contributed by atoms with Crippen molar-refractivity contribution in [2.75, 3.05) is 26.2 Å². The summed E-state index contributed by atoms with van der Waals surface area (Å²) in [6, 6.07) is 0.637. The molecule has 0 fully saturated rings. The Balaban J connectivity index is 1.89. The molecule has 2 nitrogen and oxygen atoms in total. The quantitative estimate of drug-likeness (QED) is 0.516. The van der Waals surface area contributed by atoms with Gasteiger partial charge in [-0.25, -0.2) is 0 Å². The lowest BCUT2D eigenvalue weighted by Gasteiger charge is -2.25. The van der Waals surface area contributed by atoms with Gasteiger partial charge in [0.1, 0.15) is 0 Å². The summed E-state index contributed by atoms with van der Waals surface area (Å²) in [6.07, 6.45) is 9.10. The zero-order valence-electron chi connectivity index (χ0n) is 12.0. The van der Waals surface area contributed by atoms with Gasteiger partial charge in [-0.1, -0.05) is 38.3 Å². The highest BCUT2D eigenvalue weighted by Crippen LogP contribution is 2.10. The number of unbranched alkanes of at least 4 members (excludes halogenated alkanes) is 3. The predicted molar refractivity (Wildman–Crippen MR) is 76.4 cm³/mol. The standard InChI is InChI=1S/C15H30N2/c1-14(2)16-10-6-4-5-7-11-17-12-8-9-15(3)13-17/h9,14,16H,4-8,10-13H2,1-3H3. The fourth-order valence-corrected chi connectivity index (χ4v) is 2.39. The fraction of sp³-hybridized carbons (Fsp3) is 0.867. The smallest absolute Gasteiger partial charge is 0.0190 e. The molecule has 0 aromatic rings. The molecule has 0 aromatic heterocycles. The number of nitrogens with one attached hydrogen (secondary N) is 1. The van der Waals surface area contributed by atoms with E-state index in [0.717, 1.165) is 0 Å².